The van der Waals surface area contributed by atoms with E-state index >= 15 is 0 Å². The van der Waals surface area contributed by atoms with Crippen molar-refractivity contribution in [3.8, 4) is 0 Å². The first-order valence-corrected chi connectivity index (χ1v) is 3.83. The fourth-order valence-corrected chi connectivity index (χ4v) is 0.902. The fourth-order valence-electron chi connectivity index (χ4n) is 0.902. The molecule has 0 saturated carbocycles. The highest BCUT2D eigenvalue weighted by Gasteiger charge is 2.10. The lowest BCUT2D eigenvalue weighted by molar-refractivity contribution is 0.436. The maximum absolute atomic E-state index is 3.32. The van der Waals surface area contributed by atoms with Gasteiger partial charge in [0, 0.05) is 6.04 Å². The van der Waals surface area contributed by atoms with Crippen molar-refractivity contribution in [2.75, 3.05) is 6.54 Å². The Morgan fingerprint density at radius 3 is 2.89 bits per heavy atom. The lowest BCUT2D eigenvalue weighted by Crippen LogP contribution is -2.41. The fraction of sp³-hybridized carbons (Fsp3) is 0.750. The highest BCUT2D eigenvalue weighted by molar-refractivity contribution is 4.97. The summed E-state index contributed by atoms with van der Waals surface area (Å²) in [6.45, 7) is 3.42. The molecule has 0 aromatic carbocycles. The molecule has 0 aliphatic carbocycles. The summed E-state index contributed by atoms with van der Waals surface area (Å²) in [5.74, 6) is 0. The van der Waals surface area contributed by atoms with Crippen LogP contribution in [-0.2, 0) is 0 Å². The Kier molecular flexibility index (Phi) is 2.78. The molecule has 0 aromatic rings. The third-order valence-corrected chi connectivity index (χ3v) is 1.69. The zero-order valence-corrected chi connectivity index (χ0v) is 6.06. The van der Waals surface area contributed by atoms with Crippen LogP contribution in [0.25, 0.3) is 0 Å². The lowest BCUT2D eigenvalue weighted by atomic mass is 10.1. The standard InChI is InChI=1S/C8H15N/c1-2-3-4-5-8-6-7-9-8/h4-5,8-9H,2-3,6-7H2,1H3/b5-4+. The molecule has 1 heteroatoms. The zero-order valence-electron chi connectivity index (χ0n) is 6.06. The van der Waals surface area contributed by atoms with E-state index in [4.69, 9.17) is 0 Å². The van der Waals surface area contributed by atoms with Crippen LogP contribution in [0.15, 0.2) is 12.2 Å². The molecule has 0 aromatic heterocycles. The van der Waals surface area contributed by atoms with Gasteiger partial charge < -0.3 is 5.32 Å². The van der Waals surface area contributed by atoms with Gasteiger partial charge >= 0.3 is 0 Å². The normalized spacial score (nSPS) is 26.6. The number of allylic oxidation sites excluding steroid dienone is 1. The summed E-state index contributed by atoms with van der Waals surface area (Å²) < 4.78 is 0. The predicted molar refractivity (Wildman–Crippen MR) is 40.5 cm³/mol. The van der Waals surface area contributed by atoms with Crippen molar-refractivity contribution in [2.24, 2.45) is 0 Å². The summed E-state index contributed by atoms with van der Waals surface area (Å²) in [4.78, 5) is 0. The van der Waals surface area contributed by atoms with E-state index in [2.05, 4.69) is 24.4 Å². The largest absolute Gasteiger partial charge is 0.310 e. The van der Waals surface area contributed by atoms with Crippen LogP contribution in [0.4, 0.5) is 0 Å². The van der Waals surface area contributed by atoms with Crippen LogP contribution >= 0.6 is 0 Å². The van der Waals surface area contributed by atoms with Gasteiger partial charge in [-0.2, -0.15) is 0 Å². The average molecular weight is 125 g/mol. The second-order valence-electron chi connectivity index (χ2n) is 2.57. The summed E-state index contributed by atoms with van der Waals surface area (Å²) in [5.41, 5.74) is 0. The highest BCUT2D eigenvalue weighted by Crippen LogP contribution is 2.03. The third-order valence-electron chi connectivity index (χ3n) is 1.69. The molecule has 1 nitrogen and oxygen atoms in total. The minimum atomic E-state index is 0.705. The number of rotatable bonds is 3. The van der Waals surface area contributed by atoms with Gasteiger partial charge in [0.1, 0.15) is 0 Å². The molecule has 0 spiro atoms. The van der Waals surface area contributed by atoms with Gasteiger partial charge in [-0.3, -0.25) is 0 Å². The topological polar surface area (TPSA) is 12.0 Å². The molecular weight excluding hydrogens is 110 g/mol. The van der Waals surface area contributed by atoms with Gasteiger partial charge in [-0.25, -0.2) is 0 Å². The van der Waals surface area contributed by atoms with E-state index in [-0.39, 0.29) is 0 Å². The second-order valence-corrected chi connectivity index (χ2v) is 2.57. The van der Waals surface area contributed by atoms with E-state index in [0.29, 0.717) is 6.04 Å². The average Bonchev–Trinajstić information content (AvgIpc) is 1.76. The van der Waals surface area contributed by atoms with Gasteiger partial charge in [0.15, 0.2) is 0 Å². The van der Waals surface area contributed by atoms with Crippen molar-refractivity contribution in [3.05, 3.63) is 12.2 Å². The zero-order chi connectivity index (χ0) is 6.53. The number of hydrogen-bond donors (Lipinski definition) is 1. The minimum absolute atomic E-state index is 0.705. The summed E-state index contributed by atoms with van der Waals surface area (Å²) in [7, 11) is 0. The lowest BCUT2D eigenvalue weighted by Gasteiger charge is -2.23. The first-order valence-electron chi connectivity index (χ1n) is 3.83. The molecule has 1 unspecified atom stereocenters. The first-order chi connectivity index (χ1) is 4.43. The molecule has 1 saturated heterocycles. The van der Waals surface area contributed by atoms with E-state index in [1.165, 1.54) is 25.8 Å². The van der Waals surface area contributed by atoms with Crippen molar-refractivity contribution in [1.29, 1.82) is 0 Å². The predicted octanol–water partition coefficient (Wildman–Crippen LogP) is 1.70. The Hall–Kier alpha value is -0.300. The number of unbranched alkanes of at least 4 members (excludes halogenated alkanes) is 1. The molecule has 1 N–H and O–H groups in total. The molecule has 1 atom stereocenters. The summed E-state index contributed by atoms with van der Waals surface area (Å²) in [5, 5.41) is 3.32. The maximum Gasteiger partial charge on any atom is 0.0262 e. The van der Waals surface area contributed by atoms with E-state index in [1.807, 2.05) is 0 Å². The van der Waals surface area contributed by atoms with Crippen LogP contribution in [0.3, 0.4) is 0 Å². The summed E-state index contributed by atoms with van der Waals surface area (Å²) in [6.07, 6.45) is 8.39. The van der Waals surface area contributed by atoms with Gasteiger partial charge in [0.05, 0.1) is 0 Å². The van der Waals surface area contributed by atoms with Crippen molar-refractivity contribution in [1.82, 2.24) is 5.32 Å². The maximum atomic E-state index is 3.32. The monoisotopic (exact) mass is 125 g/mol. The van der Waals surface area contributed by atoms with Crippen molar-refractivity contribution in [3.63, 3.8) is 0 Å². The Morgan fingerprint density at radius 2 is 2.44 bits per heavy atom. The molecule has 1 aliphatic heterocycles. The molecule has 52 valence electrons. The van der Waals surface area contributed by atoms with Crippen molar-refractivity contribution in [2.45, 2.75) is 32.2 Å². The molecular formula is C8H15N. The molecule has 0 bridgehead atoms. The van der Waals surface area contributed by atoms with Gasteiger partial charge in [-0.05, 0) is 19.4 Å². The van der Waals surface area contributed by atoms with Crippen LogP contribution in [-0.4, -0.2) is 12.6 Å². The molecule has 1 aliphatic rings. The van der Waals surface area contributed by atoms with Gasteiger partial charge in [-0.15, -0.1) is 0 Å². The number of nitrogens with one attached hydrogen (secondary N) is 1. The van der Waals surface area contributed by atoms with E-state index < -0.39 is 0 Å². The van der Waals surface area contributed by atoms with E-state index in [1.54, 1.807) is 0 Å². The summed E-state index contributed by atoms with van der Waals surface area (Å²) >= 11 is 0. The highest BCUT2D eigenvalue weighted by atomic mass is 15.0. The molecule has 0 amide bonds. The Labute approximate surface area is 57.1 Å². The Morgan fingerprint density at radius 1 is 1.67 bits per heavy atom. The molecule has 9 heavy (non-hydrogen) atoms. The van der Waals surface area contributed by atoms with Crippen molar-refractivity contribution >= 4 is 0 Å². The van der Waals surface area contributed by atoms with Crippen LogP contribution in [0.1, 0.15) is 26.2 Å². The molecule has 1 heterocycles. The summed E-state index contributed by atoms with van der Waals surface area (Å²) in [6, 6.07) is 0.705. The van der Waals surface area contributed by atoms with E-state index in [0.717, 1.165) is 0 Å². The van der Waals surface area contributed by atoms with Gasteiger partial charge in [0.2, 0.25) is 0 Å². The molecule has 1 rings (SSSR count). The Bertz CT molecular complexity index is 92.7. The van der Waals surface area contributed by atoms with Crippen LogP contribution in [0.2, 0.25) is 0 Å². The quantitative estimate of drug-likeness (QED) is 0.566. The Balaban J connectivity index is 2.00. The van der Waals surface area contributed by atoms with Crippen LogP contribution in [0, 0.1) is 0 Å². The van der Waals surface area contributed by atoms with Crippen molar-refractivity contribution < 1.29 is 0 Å². The number of hydrogen-bond acceptors (Lipinski definition) is 1. The van der Waals surface area contributed by atoms with Crippen LogP contribution < -0.4 is 5.32 Å². The molecule has 0 radical (unpaired) electrons. The van der Waals surface area contributed by atoms with E-state index in [9.17, 15) is 0 Å². The SMILES string of the molecule is CCC/C=C/C1CCN1. The molecule has 1 fully saturated rings. The van der Waals surface area contributed by atoms with Gasteiger partial charge in [-0.1, -0.05) is 25.5 Å². The third kappa shape index (κ3) is 2.19. The van der Waals surface area contributed by atoms with Gasteiger partial charge in [0.25, 0.3) is 0 Å². The van der Waals surface area contributed by atoms with Crippen LogP contribution in [0.5, 0.6) is 0 Å². The smallest absolute Gasteiger partial charge is 0.0262 e. The second kappa shape index (κ2) is 3.67. The minimum Gasteiger partial charge on any atom is -0.310 e. The first kappa shape index (κ1) is 6.81.